The molecule has 7 heteroatoms. The number of nitro groups is 1. The predicted octanol–water partition coefficient (Wildman–Crippen LogP) is 5.36. The Morgan fingerprint density at radius 3 is 2.45 bits per heavy atom. The minimum atomic E-state index is -0.716. The average Bonchev–Trinajstić information content (AvgIpc) is 2.36. The largest absolute Gasteiger partial charge is 0.449 e. The van der Waals surface area contributed by atoms with E-state index in [0.717, 1.165) is 11.6 Å². The highest BCUT2D eigenvalue weighted by Gasteiger charge is 2.20. The van der Waals surface area contributed by atoms with E-state index in [-0.39, 0.29) is 10.2 Å². The average molecular weight is 405 g/mol. The summed E-state index contributed by atoms with van der Waals surface area (Å²) in [5, 5.41) is 10.9. The number of aryl methyl sites for hydroxylation is 1. The fourth-order valence-corrected chi connectivity index (χ4v) is 2.45. The van der Waals surface area contributed by atoms with Crippen LogP contribution in [0.1, 0.15) is 5.56 Å². The van der Waals surface area contributed by atoms with Crippen molar-refractivity contribution >= 4 is 37.5 Å². The van der Waals surface area contributed by atoms with E-state index in [4.69, 9.17) is 4.74 Å². The minimum absolute atomic E-state index is 0.0344. The van der Waals surface area contributed by atoms with Crippen molar-refractivity contribution in [1.29, 1.82) is 0 Å². The Morgan fingerprint density at radius 1 is 1.15 bits per heavy atom. The predicted molar refractivity (Wildman–Crippen MR) is 79.7 cm³/mol. The number of ether oxygens (including phenoxy) is 1. The quantitative estimate of drug-likeness (QED) is 0.511. The highest BCUT2D eigenvalue weighted by molar-refractivity contribution is 9.10. The second-order valence-electron chi connectivity index (χ2n) is 4.03. The summed E-state index contributed by atoms with van der Waals surface area (Å²) in [5.74, 6) is -0.336. The van der Waals surface area contributed by atoms with Gasteiger partial charge >= 0.3 is 5.69 Å². The van der Waals surface area contributed by atoms with Gasteiger partial charge < -0.3 is 4.74 Å². The fraction of sp³-hybridized carbons (Fsp3) is 0.0769. The summed E-state index contributed by atoms with van der Waals surface area (Å²) in [4.78, 5) is 10.3. The van der Waals surface area contributed by atoms with Gasteiger partial charge in [-0.05, 0) is 56.5 Å². The van der Waals surface area contributed by atoms with Gasteiger partial charge in [-0.25, -0.2) is 4.39 Å². The third kappa shape index (κ3) is 3.16. The number of nitrogens with zero attached hydrogens (tertiary/aromatic N) is 1. The number of benzene rings is 2. The van der Waals surface area contributed by atoms with Crippen LogP contribution in [0.25, 0.3) is 0 Å². The molecule has 0 heterocycles. The lowest BCUT2D eigenvalue weighted by molar-refractivity contribution is -0.385. The van der Waals surface area contributed by atoms with Gasteiger partial charge in [-0.1, -0.05) is 6.07 Å². The maximum absolute atomic E-state index is 13.4. The summed E-state index contributed by atoms with van der Waals surface area (Å²) >= 11 is 6.30. The van der Waals surface area contributed by atoms with Gasteiger partial charge in [0, 0.05) is 6.07 Å². The third-order valence-corrected chi connectivity index (χ3v) is 3.73. The molecular formula is C13H8Br2FNO3. The number of rotatable bonds is 3. The molecule has 104 valence electrons. The van der Waals surface area contributed by atoms with Gasteiger partial charge in [-0.2, -0.15) is 0 Å². The van der Waals surface area contributed by atoms with Crippen molar-refractivity contribution in [3.05, 3.63) is 60.8 Å². The first-order chi connectivity index (χ1) is 9.38. The Balaban J connectivity index is 2.47. The summed E-state index contributed by atoms with van der Waals surface area (Å²) in [6.45, 7) is 1.91. The molecule has 0 bridgehead atoms. The molecule has 0 atom stereocenters. The summed E-state index contributed by atoms with van der Waals surface area (Å²) in [7, 11) is 0. The van der Waals surface area contributed by atoms with Crippen LogP contribution >= 0.6 is 31.9 Å². The van der Waals surface area contributed by atoms with E-state index in [1.54, 1.807) is 6.07 Å². The third-order valence-electron chi connectivity index (χ3n) is 2.51. The number of halogens is 3. The normalized spacial score (nSPS) is 10.4. The van der Waals surface area contributed by atoms with Crippen molar-refractivity contribution in [2.24, 2.45) is 0 Å². The maximum Gasteiger partial charge on any atom is 0.314 e. The molecule has 0 saturated heterocycles. The molecule has 0 aliphatic rings. The Labute approximate surface area is 131 Å². The molecule has 0 fully saturated rings. The molecule has 0 radical (unpaired) electrons. The van der Waals surface area contributed by atoms with Crippen LogP contribution in [0.3, 0.4) is 0 Å². The van der Waals surface area contributed by atoms with Crippen molar-refractivity contribution < 1.29 is 14.1 Å². The molecule has 0 saturated carbocycles. The van der Waals surface area contributed by atoms with Gasteiger partial charge in [0.1, 0.15) is 11.6 Å². The lowest BCUT2D eigenvalue weighted by Crippen LogP contribution is -1.96. The number of hydrogen-bond donors (Lipinski definition) is 0. The molecule has 0 aliphatic carbocycles. The van der Waals surface area contributed by atoms with Crippen LogP contribution in [0.2, 0.25) is 0 Å². The van der Waals surface area contributed by atoms with Gasteiger partial charge in [0.05, 0.1) is 19.9 Å². The number of hydrogen-bond acceptors (Lipinski definition) is 3. The van der Waals surface area contributed by atoms with E-state index in [1.807, 2.05) is 19.1 Å². The molecule has 2 aromatic rings. The molecule has 2 aromatic carbocycles. The van der Waals surface area contributed by atoms with Crippen LogP contribution in [0.4, 0.5) is 10.1 Å². The van der Waals surface area contributed by atoms with E-state index in [9.17, 15) is 14.5 Å². The lowest BCUT2D eigenvalue weighted by Gasteiger charge is -2.09. The van der Waals surface area contributed by atoms with Crippen molar-refractivity contribution in [2.45, 2.75) is 6.92 Å². The Morgan fingerprint density at radius 2 is 1.85 bits per heavy atom. The zero-order valence-corrected chi connectivity index (χ0v) is 13.4. The maximum atomic E-state index is 13.4. The van der Waals surface area contributed by atoms with Crippen molar-refractivity contribution in [1.82, 2.24) is 0 Å². The van der Waals surface area contributed by atoms with Crippen molar-refractivity contribution in [2.75, 3.05) is 0 Å². The fourth-order valence-electron chi connectivity index (χ4n) is 1.55. The van der Waals surface area contributed by atoms with E-state index in [2.05, 4.69) is 31.9 Å². The summed E-state index contributed by atoms with van der Waals surface area (Å²) in [5.41, 5.74) is 0.581. The summed E-state index contributed by atoms with van der Waals surface area (Å²) < 4.78 is 19.6. The molecule has 4 nitrogen and oxygen atoms in total. The van der Waals surface area contributed by atoms with Gasteiger partial charge in [-0.15, -0.1) is 0 Å². The van der Waals surface area contributed by atoms with Gasteiger partial charge in [0.25, 0.3) is 0 Å². The second kappa shape index (κ2) is 5.88. The van der Waals surface area contributed by atoms with Crippen LogP contribution < -0.4 is 4.74 Å². The number of nitro benzene ring substituents is 1. The molecule has 0 N–H and O–H groups in total. The smallest absolute Gasteiger partial charge is 0.314 e. The lowest BCUT2D eigenvalue weighted by atomic mass is 10.2. The molecular weight excluding hydrogens is 397 g/mol. The van der Waals surface area contributed by atoms with E-state index in [0.29, 0.717) is 10.2 Å². The Hall–Kier alpha value is -1.47. The molecule has 0 amide bonds. The zero-order chi connectivity index (χ0) is 14.9. The van der Waals surface area contributed by atoms with Gasteiger partial charge in [0.2, 0.25) is 5.75 Å². The highest BCUT2D eigenvalue weighted by atomic mass is 79.9. The highest BCUT2D eigenvalue weighted by Crippen LogP contribution is 2.38. The zero-order valence-electron chi connectivity index (χ0n) is 10.2. The van der Waals surface area contributed by atoms with Crippen LogP contribution in [0, 0.1) is 22.9 Å². The minimum Gasteiger partial charge on any atom is -0.449 e. The van der Waals surface area contributed by atoms with E-state index < -0.39 is 16.4 Å². The standard InChI is InChI=1S/C13H8Br2FNO3/c1-7-2-3-12(9(15)4-7)20-13-5-8(14)10(16)6-11(13)17(18)19/h2-6H,1H3. The van der Waals surface area contributed by atoms with Crippen molar-refractivity contribution in [3.8, 4) is 11.5 Å². The Kier molecular flexibility index (Phi) is 4.39. The van der Waals surface area contributed by atoms with E-state index >= 15 is 0 Å². The molecule has 0 aliphatic heterocycles. The first-order valence-electron chi connectivity index (χ1n) is 5.46. The first kappa shape index (κ1) is 14.9. The van der Waals surface area contributed by atoms with Crippen LogP contribution in [-0.2, 0) is 0 Å². The summed E-state index contributed by atoms with van der Waals surface area (Å²) in [6, 6.07) is 7.37. The van der Waals surface area contributed by atoms with Crippen LogP contribution in [0.15, 0.2) is 39.3 Å². The SMILES string of the molecule is Cc1ccc(Oc2cc(Br)c(F)cc2[N+](=O)[O-])c(Br)c1. The first-order valence-corrected chi connectivity index (χ1v) is 7.04. The monoisotopic (exact) mass is 403 g/mol. The van der Waals surface area contributed by atoms with Crippen molar-refractivity contribution in [3.63, 3.8) is 0 Å². The van der Waals surface area contributed by atoms with Crippen LogP contribution in [0.5, 0.6) is 11.5 Å². The molecule has 0 unspecified atom stereocenters. The molecule has 20 heavy (non-hydrogen) atoms. The topological polar surface area (TPSA) is 52.4 Å². The Bertz CT molecular complexity index is 692. The second-order valence-corrected chi connectivity index (χ2v) is 5.74. The van der Waals surface area contributed by atoms with Gasteiger partial charge in [-0.3, -0.25) is 10.1 Å². The molecule has 2 rings (SSSR count). The molecule has 0 aromatic heterocycles. The van der Waals surface area contributed by atoms with E-state index in [1.165, 1.54) is 6.07 Å². The van der Waals surface area contributed by atoms with Crippen LogP contribution in [-0.4, -0.2) is 4.92 Å². The van der Waals surface area contributed by atoms with Gasteiger partial charge in [0.15, 0.2) is 0 Å². The summed E-state index contributed by atoms with van der Waals surface area (Å²) in [6.07, 6.45) is 0. The molecule has 0 spiro atoms.